The number of nitrogens with one attached hydrogen (secondary N) is 1. The van der Waals surface area contributed by atoms with E-state index >= 15 is 0 Å². The van der Waals surface area contributed by atoms with E-state index in [2.05, 4.69) is 33.6 Å². The van der Waals surface area contributed by atoms with E-state index in [1.54, 1.807) is 11.3 Å². The molecule has 5 heteroatoms. The van der Waals surface area contributed by atoms with Crippen molar-refractivity contribution in [1.82, 2.24) is 5.32 Å². The Labute approximate surface area is 142 Å². The second-order valence-electron chi connectivity index (χ2n) is 5.06. The van der Waals surface area contributed by atoms with Crippen molar-refractivity contribution in [3.63, 3.8) is 0 Å². The third kappa shape index (κ3) is 4.28. The van der Waals surface area contributed by atoms with Crippen LogP contribution < -0.4 is 5.32 Å². The minimum atomic E-state index is -0.234. The van der Waals surface area contributed by atoms with E-state index in [0.717, 1.165) is 40.4 Å². The zero-order valence-electron chi connectivity index (χ0n) is 12.1. The third-order valence-electron chi connectivity index (χ3n) is 3.31. The maximum Gasteiger partial charge on any atom is 0.137 e. The third-order valence-corrected chi connectivity index (χ3v) is 5.74. The molecule has 1 nitrogen and oxygen atoms in total. The van der Waals surface area contributed by atoms with Gasteiger partial charge in [0.2, 0.25) is 0 Å². The fourth-order valence-corrected chi connectivity index (χ4v) is 3.99. The molecule has 114 valence electrons. The lowest BCUT2D eigenvalue weighted by Crippen LogP contribution is -2.23. The van der Waals surface area contributed by atoms with Crippen molar-refractivity contribution in [2.24, 2.45) is 0 Å². The number of rotatable bonds is 6. The smallest absolute Gasteiger partial charge is 0.137 e. The minimum Gasteiger partial charge on any atom is -0.309 e. The zero-order valence-corrected chi connectivity index (χ0v) is 15.2. The standard InChI is InChI=1S/C16H18BrClFNS/c1-3-6-20-14(16-15(18)10(2)9-21-16)8-11-4-5-13(19)12(17)7-11/h4-5,7,9,14,20H,3,6,8H2,1-2H3. The van der Waals surface area contributed by atoms with Crippen LogP contribution in [0.2, 0.25) is 5.02 Å². The van der Waals surface area contributed by atoms with Crippen LogP contribution in [0, 0.1) is 12.7 Å². The second-order valence-corrected chi connectivity index (χ2v) is 7.20. The van der Waals surface area contributed by atoms with Gasteiger partial charge in [-0.25, -0.2) is 4.39 Å². The fraction of sp³-hybridized carbons (Fsp3) is 0.375. The molecule has 0 amide bonds. The van der Waals surface area contributed by atoms with Crippen LogP contribution in [-0.2, 0) is 6.42 Å². The molecule has 0 saturated heterocycles. The van der Waals surface area contributed by atoms with Crippen molar-refractivity contribution in [3.05, 3.63) is 54.9 Å². The molecule has 0 aliphatic carbocycles. The number of halogens is 3. The first-order valence-corrected chi connectivity index (χ1v) is 8.98. The first-order chi connectivity index (χ1) is 10.0. The van der Waals surface area contributed by atoms with E-state index in [1.807, 2.05) is 19.1 Å². The van der Waals surface area contributed by atoms with Gasteiger partial charge in [0.1, 0.15) is 5.82 Å². The molecule has 1 heterocycles. The van der Waals surface area contributed by atoms with Gasteiger partial charge in [0, 0.05) is 10.9 Å². The molecule has 0 radical (unpaired) electrons. The van der Waals surface area contributed by atoms with Gasteiger partial charge in [-0.3, -0.25) is 0 Å². The Morgan fingerprint density at radius 1 is 1.43 bits per heavy atom. The number of hydrogen-bond acceptors (Lipinski definition) is 2. The number of hydrogen-bond donors (Lipinski definition) is 1. The Balaban J connectivity index is 2.23. The van der Waals surface area contributed by atoms with Crippen LogP contribution in [0.4, 0.5) is 4.39 Å². The lowest BCUT2D eigenvalue weighted by Gasteiger charge is -2.18. The molecular weight excluding hydrogens is 373 g/mol. The summed E-state index contributed by atoms with van der Waals surface area (Å²) in [5.41, 5.74) is 2.19. The van der Waals surface area contributed by atoms with Crippen LogP contribution in [0.5, 0.6) is 0 Å². The molecule has 1 aromatic heterocycles. The molecule has 0 fully saturated rings. The molecule has 1 atom stereocenters. The molecule has 0 aliphatic rings. The van der Waals surface area contributed by atoms with Crippen LogP contribution in [0.1, 0.15) is 35.4 Å². The van der Waals surface area contributed by atoms with Crippen LogP contribution in [0.25, 0.3) is 0 Å². The summed E-state index contributed by atoms with van der Waals surface area (Å²) in [5.74, 6) is -0.234. The van der Waals surface area contributed by atoms with Crippen molar-refractivity contribution >= 4 is 38.9 Å². The second kappa shape index (κ2) is 7.73. The number of aryl methyl sites for hydroxylation is 1. The summed E-state index contributed by atoms with van der Waals surface area (Å²) in [6.45, 7) is 5.09. The lowest BCUT2D eigenvalue weighted by atomic mass is 10.0. The largest absolute Gasteiger partial charge is 0.309 e. The summed E-state index contributed by atoms with van der Waals surface area (Å²) in [7, 11) is 0. The van der Waals surface area contributed by atoms with Gasteiger partial charge >= 0.3 is 0 Å². The Morgan fingerprint density at radius 3 is 2.76 bits per heavy atom. The average molecular weight is 391 g/mol. The van der Waals surface area contributed by atoms with Gasteiger partial charge in [-0.05, 0) is 70.9 Å². The van der Waals surface area contributed by atoms with Crippen molar-refractivity contribution in [2.75, 3.05) is 6.54 Å². The summed E-state index contributed by atoms with van der Waals surface area (Å²) in [6.07, 6.45) is 1.85. The van der Waals surface area contributed by atoms with E-state index in [1.165, 1.54) is 6.07 Å². The van der Waals surface area contributed by atoms with Gasteiger partial charge in [0.05, 0.1) is 9.50 Å². The van der Waals surface area contributed by atoms with Crippen molar-refractivity contribution < 1.29 is 4.39 Å². The zero-order chi connectivity index (χ0) is 15.4. The highest BCUT2D eigenvalue weighted by molar-refractivity contribution is 9.10. The topological polar surface area (TPSA) is 12.0 Å². The molecule has 1 N–H and O–H groups in total. The van der Waals surface area contributed by atoms with Gasteiger partial charge in [0.15, 0.2) is 0 Å². The van der Waals surface area contributed by atoms with E-state index < -0.39 is 0 Å². The highest BCUT2D eigenvalue weighted by atomic mass is 79.9. The van der Waals surface area contributed by atoms with Gasteiger partial charge < -0.3 is 5.32 Å². The highest BCUT2D eigenvalue weighted by Crippen LogP contribution is 2.34. The molecule has 2 rings (SSSR count). The normalized spacial score (nSPS) is 12.6. The molecular formula is C16H18BrClFNS. The van der Waals surface area contributed by atoms with E-state index in [9.17, 15) is 4.39 Å². The van der Waals surface area contributed by atoms with Crippen LogP contribution in [-0.4, -0.2) is 6.54 Å². The summed E-state index contributed by atoms with van der Waals surface area (Å²) in [6, 6.07) is 5.32. The van der Waals surface area contributed by atoms with Gasteiger partial charge in [-0.2, -0.15) is 0 Å². The summed E-state index contributed by atoms with van der Waals surface area (Å²) in [4.78, 5) is 1.16. The molecule has 21 heavy (non-hydrogen) atoms. The first-order valence-electron chi connectivity index (χ1n) is 6.93. The van der Waals surface area contributed by atoms with E-state index in [4.69, 9.17) is 11.6 Å². The molecule has 2 aromatic rings. The SMILES string of the molecule is CCCNC(Cc1ccc(F)c(Br)c1)c1scc(C)c1Cl. The van der Waals surface area contributed by atoms with Crippen LogP contribution >= 0.6 is 38.9 Å². The quantitative estimate of drug-likeness (QED) is 0.648. The predicted molar refractivity (Wildman–Crippen MR) is 92.9 cm³/mol. The summed E-state index contributed by atoms with van der Waals surface area (Å²) < 4.78 is 13.9. The maximum atomic E-state index is 13.3. The minimum absolute atomic E-state index is 0.161. The molecule has 0 aliphatic heterocycles. The molecule has 0 spiro atoms. The molecule has 1 aromatic carbocycles. The fourth-order valence-electron chi connectivity index (χ4n) is 2.16. The molecule has 0 saturated carbocycles. The Kier molecular flexibility index (Phi) is 6.23. The van der Waals surface area contributed by atoms with Gasteiger partial charge in [-0.1, -0.05) is 24.6 Å². The maximum absolute atomic E-state index is 13.3. The predicted octanol–water partition coefficient (Wildman–Crippen LogP) is 5.89. The van der Waals surface area contributed by atoms with Crippen LogP contribution in [0.3, 0.4) is 0 Å². The number of thiophene rings is 1. The van der Waals surface area contributed by atoms with Gasteiger partial charge in [-0.15, -0.1) is 11.3 Å². The van der Waals surface area contributed by atoms with E-state index in [0.29, 0.717) is 4.47 Å². The summed E-state index contributed by atoms with van der Waals surface area (Å²) in [5, 5.41) is 6.46. The van der Waals surface area contributed by atoms with Crippen LogP contribution in [0.15, 0.2) is 28.1 Å². The Bertz CT molecular complexity index is 614. The monoisotopic (exact) mass is 389 g/mol. The summed E-state index contributed by atoms with van der Waals surface area (Å²) >= 11 is 11.3. The average Bonchev–Trinajstić information content (AvgIpc) is 2.79. The lowest BCUT2D eigenvalue weighted by molar-refractivity contribution is 0.535. The Hall–Kier alpha value is -0.420. The Morgan fingerprint density at radius 2 is 2.19 bits per heavy atom. The van der Waals surface area contributed by atoms with Crippen molar-refractivity contribution in [2.45, 2.75) is 32.7 Å². The number of benzene rings is 1. The van der Waals surface area contributed by atoms with Crippen molar-refractivity contribution in [3.8, 4) is 0 Å². The first kappa shape index (κ1) is 16.9. The molecule has 1 unspecified atom stereocenters. The van der Waals surface area contributed by atoms with Crippen molar-refractivity contribution in [1.29, 1.82) is 0 Å². The van der Waals surface area contributed by atoms with E-state index in [-0.39, 0.29) is 11.9 Å². The highest BCUT2D eigenvalue weighted by Gasteiger charge is 2.18. The molecule has 0 bridgehead atoms. The van der Waals surface area contributed by atoms with Gasteiger partial charge in [0.25, 0.3) is 0 Å².